The number of aromatic nitrogens is 2. The topological polar surface area (TPSA) is 114 Å². The standard InChI is InChI=1S/C22H29FN6O3/c1-22(2,3)32-20(31)17(24)14-27-19(30)15-5-6-18(16(23)13-15)28-9-11-29(12-10-28)21-25-7-4-8-26-21/h4-8,13,17H,9-12,14,24H2,1-3H3,(H,27,30)/t17-/m0/s1. The van der Waals surface area contributed by atoms with E-state index in [1.807, 2.05) is 9.80 Å². The van der Waals surface area contributed by atoms with Crippen LogP contribution < -0.4 is 20.9 Å². The van der Waals surface area contributed by atoms with Crippen LogP contribution >= 0.6 is 0 Å². The molecule has 3 N–H and O–H groups in total. The number of benzene rings is 1. The Labute approximate surface area is 186 Å². The smallest absolute Gasteiger partial charge is 0.325 e. The number of amides is 1. The van der Waals surface area contributed by atoms with Crippen molar-refractivity contribution in [3.8, 4) is 0 Å². The molecule has 0 aliphatic carbocycles. The Kier molecular flexibility index (Phi) is 7.24. The van der Waals surface area contributed by atoms with Crippen molar-refractivity contribution >= 4 is 23.5 Å². The Morgan fingerprint density at radius 3 is 2.38 bits per heavy atom. The van der Waals surface area contributed by atoms with E-state index in [1.54, 1.807) is 51.4 Å². The van der Waals surface area contributed by atoms with E-state index in [-0.39, 0.29) is 12.1 Å². The molecule has 0 radical (unpaired) electrons. The summed E-state index contributed by atoms with van der Waals surface area (Å²) < 4.78 is 20.0. The molecule has 172 valence electrons. The minimum atomic E-state index is -1.01. The van der Waals surface area contributed by atoms with E-state index < -0.39 is 29.3 Å². The molecule has 0 unspecified atom stereocenters. The monoisotopic (exact) mass is 444 g/mol. The van der Waals surface area contributed by atoms with Crippen LogP contribution in [0.2, 0.25) is 0 Å². The number of rotatable bonds is 6. The van der Waals surface area contributed by atoms with E-state index in [0.717, 1.165) is 0 Å². The average molecular weight is 445 g/mol. The van der Waals surface area contributed by atoms with Crippen molar-refractivity contribution in [2.45, 2.75) is 32.4 Å². The average Bonchev–Trinajstić information content (AvgIpc) is 2.76. The van der Waals surface area contributed by atoms with E-state index in [1.165, 1.54) is 6.07 Å². The number of nitrogens with one attached hydrogen (secondary N) is 1. The third-order valence-electron chi connectivity index (χ3n) is 4.86. The molecule has 10 heteroatoms. The summed E-state index contributed by atoms with van der Waals surface area (Å²) >= 11 is 0. The lowest BCUT2D eigenvalue weighted by molar-refractivity contribution is -0.156. The van der Waals surface area contributed by atoms with Gasteiger partial charge in [0.1, 0.15) is 17.5 Å². The van der Waals surface area contributed by atoms with Crippen molar-refractivity contribution < 1.29 is 18.7 Å². The fourth-order valence-electron chi connectivity index (χ4n) is 3.27. The van der Waals surface area contributed by atoms with Gasteiger partial charge in [-0.25, -0.2) is 14.4 Å². The van der Waals surface area contributed by atoms with Crippen molar-refractivity contribution in [3.63, 3.8) is 0 Å². The number of esters is 1. The highest BCUT2D eigenvalue weighted by atomic mass is 19.1. The van der Waals surface area contributed by atoms with E-state index in [9.17, 15) is 14.0 Å². The molecule has 0 saturated carbocycles. The number of anilines is 2. The van der Waals surface area contributed by atoms with Crippen molar-refractivity contribution in [1.29, 1.82) is 0 Å². The molecule has 3 rings (SSSR count). The van der Waals surface area contributed by atoms with E-state index in [4.69, 9.17) is 10.5 Å². The van der Waals surface area contributed by atoms with Gasteiger partial charge in [0.25, 0.3) is 5.91 Å². The van der Waals surface area contributed by atoms with Gasteiger partial charge in [-0.3, -0.25) is 9.59 Å². The van der Waals surface area contributed by atoms with Crippen LogP contribution in [0.1, 0.15) is 31.1 Å². The maximum Gasteiger partial charge on any atom is 0.325 e. The van der Waals surface area contributed by atoms with Crippen LogP contribution in [0.15, 0.2) is 36.7 Å². The summed E-state index contributed by atoms with van der Waals surface area (Å²) in [7, 11) is 0. The summed E-state index contributed by atoms with van der Waals surface area (Å²) in [4.78, 5) is 36.8. The van der Waals surface area contributed by atoms with Gasteiger partial charge < -0.3 is 25.6 Å². The maximum absolute atomic E-state index is 14.8. The first-order valence-corrected chi connectivity index (χ1v) is 10.5. The van der Waals surface area contributed by atoms with Crippen molar-refractivity contribution in [3.05, 3.63) is 48.0 Å². The van der Waals surface area contributed by atoms with Gasteiger partial charge in [0, 0.05) is 50.7 Å². The van der Waals surface area contributed by atoms with Gasteiger partial charge in [0.15, 0.2) is 0 Å². The summed E-state index contributed by atoms with van der Waals surface area (Å²) in [6, 6.07) is 5.09. The fraction of sp³-hybridized carbons (Fsp3) is 0.455. The van der Waals surface area contributed by atoms with Crippen molar-refractivity contribution in [1.82, 2.24) is 15.3 Å². The van der Waals surface area contributed by atoms with Crippen molar-refractivity contribution in [2.24, 2.45) is 5.73 Å². The predicted octanol–water partition coefficient (Wildman–Crippen LogP) is 1.34. The fourth-order valence-corrected chi connectivity index (χ4v) is 3.27. The molecule has 1 aliphatic heterocycles. The van der Waals surface area contributed by atoms with Crippen LogP contribution in [-0.2, 0) is 9.53 Å². The molecule has 1 aromatic heterocycles. The summed E-state index contributed by atoms with van der Waals surface area (Å²) in [5.74, 6) is -0.956. The Bertz CT molecular complexity index is 942. The molecule has 9 nitrogen and oxygen atoms in total. The number of carbonyl (C=O) groups excluding carboxylic acids is 2. The van der Waals surface area contributed by atoms with Crippen LogP contribution in [0.5, 0.6) is 0 Å². The molecule has 2 aromatic rings. The van der Waals surface area contributed by atoms with Gasteiger partial charge >= 0.3 is 5.97 Å². The maximum atomic E-state index is 14.8. The van der Waals surface area contributed by atoms with Crippen molar-refractivity contribution in [2.75, 3.05) is 42.5 Å². The Balaban J connectivity index is 1.55. The third-order valence-corrected chi connectivity index (χ3v) is 4.86. The zero-order valence-corrected chi connectivity index (χ0v) is 18.5. The van der Waals surface area contributed by atoms with Crippen LogP contribution in [-0.4, -0.2) is 66.2 Å². The lowest BCUT2D eigenvalue weighted by Crippen LogP contribution is -2.47. The number of hydrogen-bond acceptors (Lipinski definition) is 8. The van der Waals surface area contributed by atoms with Gasteiger partial charge in [-0.05, 0) is 45.0 Å². The quantitative estimate of drug-likeness (QED) is 0.642. The molecule has 2 heterocycles. The number of halogens is 1. The molecule has 1 fully saturated rings. The number of nitrogens with zero attached hydrogens (tertiary/aromatic N) is 4. The zero-order valence-electron chi connectivity index (χ0n) is 18.5. The summed E-state index contributed by atoms with van der Waals surface area (Å²) in [5, 5.41) is 2.55. The van der Waals surface area contributed by atoms with Gasteiger partial charge in [0.2, 0.25) is 5.95 Å². The summed E-state index contributed by atoms with van der Waals surface area (Å²) in [6.45, 7) is 7.61. The number of hydrogen-bond donors (Lipinski definition) is 2. The first-order valence-electron chi connectivity index (χ1n) is 10.5. The zero-order chi connectivity index (χ0) is 23.3. The van der Waals surface area contributed by atoms with E-state index in [0.29, 0.717) is 37.8 Å². The number of nitrogens with two attached hydrogens (primary N) is 1. The Morgan fingerprint density at radius 1 is 1.16 bits per heavy atom. The largest absolute Gasteiger partial charge is 0.459 e. The van der Waals surface area contributed by atoms with Crippen LogP contribution in [0.25, 0.3) is 0 Å². The van der Waals surface area contributed by atoms with Gasteiger partial charge in [-0.2, -0.15) is 0 Å². The first kappa shape index (κ1) is 23.4. The van der Waals surface area contributed by atoms with Crippen LogP contribution in [0.3, 0.4) is 0 Å². The second-order valence-electron chi connectivity index (χ2n) is 8.54. The summed E-state index contributed by atoms with van der Waals surface area (Å²) in [6.07, 6.45) is 3.39. The molecule has 1 aromatic carbocycles. The van der Waals surface area contributed by atoms with Gasteiger partial charge in [0.05, 0.1) is 5.69 Å². The highest BCUT2D eigenvalue weighted by molar-refractivity contribution is 5.95. The molecule has 32 heavy (non-hydrogen) atoms. The highest BCUT2D eigenvalue weighted by Crippen LogP contribution is 2.23. The number of carbonyl (C=O) groups is 2. The highest BCUT2D eigenvalue weighted by Gasteiger charge is 2.24. The minimum Gasteiger partial charge on any atom is -0.459 e. The predicted molar refractivity (Wildman–Crippen MR) is 119 cm³/mol. The summed E-state index contributed by atoms with van der Waals surface area (Å²) in [5.41, 5.74) is 5.69. The van der Waals surface area contributed by atoms with E-state index >= 15 is 0 Å². The Morgan fingerprint density at radius 2 is 1.78 bits per heavy atom. The van der Waals surface area contributed by atoms with Gasteiger partial charge in [-0.1, -0.05) is 0 Å². The second-order valence-corrected chi connectivity index (χ2v) is 8.54. The normalized spacial score (nSPS) is 15.3. The first-order chi connectivity index (χ1) is 15.1. The third kappa shape index (κ3) is 6.13. The molecule has 1 atom stereocenters. The minimum absolute atomic E-state index is 0.110. The van der Waals surface area contributed by atoms with Crippen LogP contribution in [0.4, 0.5) is 16.0 Å². The second kappa shape index (κ2) is 9.90. The van der Waals surface area contributed by atoms with Gasteiger partial charge in [-0.15, -0.1) is 0 Å². The molecular weight excluding hydrogens is 415 g/mol. The molecular formula is C22H29FN6O3. The lowest BCUT2D eigenvalue weighted by atomic mass is 10.1. The number of ether oxygens (including phenoxy) is 1. The molecule has 1 saturated heterocycles. The SMILES string of the molecule is CC(C)(C)OC(=O)[C@@H](N)CNC(=O)c1ccc(N2CCN(c3ncccn3)CC2)c(F)c1. The Hall–Kier alpha value is -3.27. The van der Waals surface area contributed by atoms with E-state index in [2.05, 4.69) is 15.3 Å². The van der Waals surface area contributed by atoms with Crippen LogP contribution in [0, 0.1) is 5.82 Å². The lowest BCUT2D eigenvalue weighted by Gasteiger charge is -2.36. The molecule has 0 bridgehead atoms. The molecule has 1 aliphatic rings. The molecule has 1 amide bonds. The number of piperazine rings is 1. The molecule has 0 spiro atoms.